The smallest absolute Gasteiger partial charge is 0.123 e. The lowest BCUT2D eigenvalue weighted by Crippen LogP contribution is -2.46. The Morgan fingerprint density at radius 3 is 2.83 bits per heavy atom. The van der Waals surface area contributed by atoms with Gasteiger partial charge in [-0.25, -0.2) is 4.39 Å². The molecule has 0 spiro atoms. The first kappa shape index (κ1) is 13.7. The quantitative estimate of drug-likeness (QED) is 0.889. The van der Waals surface area contributed by atoms with Gasteiger partial charge in [0.1, 0.15) is 5.82 Å². The molecular formula is C14H20FNOS. The standard InChI is InChI=1S/C14H20FNOS/c1-10(9-18(2)17)16-14-7-12(8-14)11-4-3-5-13(15)6-11/h3-6,10,12,14,16H,7-9H2,1-2H3. The van der Waals surface area contributed by atoms with E-state index >= 15 is 0 Å². The van der Waals surface area contributed by atoms with E-state index in [1.54, 1.807) is 18.4 Å². The molecule has 2 atom stereocenters. The highest BCUT2D eigenvalue weighted by molar-refractivity contribution is 7.84. The molecule has 0 bridgehead atoms. The van der Waals surface area contributed by atoms with E-state index in [1.807, 2.05) is 6.07 Å². The Bertz CT molecular complexity index is 432. The second kappa shape index (κ2) is 5.93. The molecule has 1 fully saturated rings. The predicted molar refractivity (Wildman–Crippen MR) is 73.7 cm³/mol. The van der Waals surface area contributed by atoms with Crippen LogP contribution in [0.1, 0.15) is 31.2 Å². The van der Waals surface area contributed by atoms with Gasteiger partial charge in [-0.2, -0.15) is 0 Å². The van der Waals surface area contributed by atoms with Crippen LogP contribution >= 0.6 is 0 Å². The molecule has 0 saturated heterocycles. The van der Waals surface area contributed by atoms with Crippen LogP contribution in [0.5, 0.6) is 0 Å². The highest BCUT2D eigenvalue weighted by Crippen LogP contribution is 2.37. The van der Waals surface area contributed by atoms with Crippen molar-refractivity contribution in [1.82, 2.24) is 5.32 Å². The number of nitrogens with one attached hydrogen (secondary N) is 1. The summed E-state index contributed by atoms with van der Waals surface area (Å²) in [6.07, 6.45) is 3.82. The molecule has 0 radical (unpaired) electrons. The fraction of sp³-hybridized carbons (Fsp3) is 0.571. The van der Waals surface area contributed by atoms with Gasteiger partial charge in [-0.05, 0) is 43.4 Å². The van der Waals surface area contributed by atoms with Crippen LogP contribution in [0.15, 0.2) is 24.3 Å². The van der Waals surface area contributed by atoms with Crippen molar-refractivity contribution >= 4 is 10.8 Å². The van der Waals surface area contributed by atoms with Crippen LogP contribution in [0.25, 0.3) is 0 Å². The minimum Gasteiger partial charge on any atom is -0.311 e. The summed E-state index contributed by atoms with van der Waals surface area (Å²) in [5, 5.41) is 3.48. The monoisotopic (exact) mass is 269 g/mol. The van der Waals surface area contributed by atoms with Gasteiger partial charge in [0, 0.05) is 34.9 Å². The summed E-state index contributed by atoms with van der Waals surface area (Å²) in [7, 11) is -0.750. The van der Waals surface area contributed by atoms with Gasteiger partial charge in [0.2, 0.25) is 0 Å². The van der Waals surface area contributed by atoms with Crippen LogP contribution in [-0.2, 0) is 10.8 Å². The first-order valence-corrected chi connectivity index (χ1v) is 8.09. The van der Waals surface area contributed by atoms with Crippen molar-refractivity contribution in [1.29, 1.82) is 0 Å². The van der Waals surface area contributed by atoms with Gasteiger partial charge in [-0.1, -0.05) is 12.1 Å². The van der Waals surface area contributed by atoms with Gasteiger partial charge < -0.3 is 5.32 Å². The minimum absolute atomic E-state index is 0.154. The van der Waals surface area contributed by atoms with Gasteiger partial charge in [0.15, 0.2) is 0 Å². The van der Waals surface area contributed by atoms with Crippen molar-refractivity contribution < 1.29 is 8.60 Å². The highest BCUT2D eigenvalue weighted by Gasteiger charge is 2.31. The molecule has 0 aliphatic heterocycles. The van der Waals surface area contributed by atoms with Crippen molar-refractivity contribution in [3.63, 3.8) is 0 Å². The van der Waals surface area contributed by atoms with Gasteiger partial charge in [-0.15, -0.1) is 0 Å². The molecule has 0 aromatic heterocycles. The SMILES string of the molecule is CC(CS(C)=O)NC1CC(c2cccc(F)c2)C1. The zero-order chi connectivity index (χ0) is 13.1. The van der Waals surface area contributed by atoms with Crippen LogP contribution in [0.3, 0.4) is 0 Å². The molecule has 1 aliphatic carbocycles. The summed E-state index contributed by atoms with van der Waals surface area (Å²) < 4.78 is 24.2. The second-order valence-electron chi connectivity index (χ2n) is 5.23. The molecule has 2 rings (SSSR count). The normalized spacial score (nSPS) is 26.4. The molecular weight excluding hydrogens is 249 g/mol. The average Bonchev–Trinajstić information content (AvgIpc) is 2.21. The van der Waals surface area contributed by atoms with Crippen LogP contribution < -0.4 is 5.32 Å². The Balaban J connectivity index is 1.78. The van der Waals surface area contributed by atoms with Gasteiger partial charge in [0.05, 0.1) is 0 Å². The van der Waals surface area contributed by atoms with E-state index in [4.69, 9.17) is 0 Å². The van der Waals surface area contributed by atoms with Crippen LogP contribution in [0.2, 0.25) is 0 Å². The van der Waals surface area contributed by atoms with Crippen LogP contribution in [0.4, 0.5) is 4.39 Å². The third-order valence-electron chi connectivity index (χ3n) is 3.46. The molecule has 4 heteroatoms. The number of benzene rings is 1. The Morgan fingerprint density at radius 1 is 1.50 bits per heavy atom. The molecule has 1 aromatic carbocycles. The molecule has 18 heavy (non-hydrogen) atoms. The lowest BCUT2D eigenvalue weighted by molar-refractivity contribution is 0.275. The fourth-order valence-electron chi connectivity index (χ4n) is 2.59. The number of hydrogen-bond donors (Lipinski definition) is 1. The predicted octanol–water partition coefficient (Wildman–Crippen LogP) is 2.43. The number of rotatable bonds is 5. The Labute approximate surface area is 110 Å². The first-order valence-electron chi connectivity index (χ1n) is 6.36. The maximum Gasteiger partial charge on any atom is 0.123 e. The number of halogens is 1. The zero-order valence-corrected chi connectivity index (χ0v) is 11.7. The van der Waals surface area contributed by atoms with Crippen molar-refractivity contribution in [3.8, 4) is 0 Å². The third kappa shape index (κ3) is 3.62. The van der Waals surface area contributed by atoms with Crippen LogP contribution in [-0.4, -0.2) is 28.3 Å². The van der Waals surface area contributed by atoms with E-state index in [0.717, 1.165) is 18.4 Å². The van der Waals surface area contributed by atoms with Gasteiger partial charge in [0.25, 0.3) is 0 Å². The Kier molecular flexibility index (Phi) is 4.51. The van der Waals surface area contributed by atoms with Crippen molar-refractivity contribution in [2.75, 3.05) is 12.0 Å². The summed E-state index contributed by atoms with van der Waals surface area (Å²) in [6.45, 7) is 2.07. The molecule has 1 aliphatic rings. The van der Waals surface area contributed by atoms with E-state index in [1.165, 1.54) is 6.07 Å². The van der Waals surface area contributed by atoms with Crippen molar-refractivity contribution in [3.05, 3.63) is 35.6 Å². The van der Waals surface area contributed by atoms with Crippen LogP contribution in [0, 0.1) is 5.82 Å². The molecule has 1 N–H and O–H groups in total. The van der Waals surface area contributed by atoms with E-state index in [2.05, 4.69) is 12.2 Å². The summed E-state index contributed by atoms with van der Waals surface area (Å²) >= 11 is 0. The third-order valence-corrected chi connectivity index (χ3v) is 4.43. The second-order valence-corrected chi connectivity index (χ2v) is 6.71. The minimum atomic E-state index is -0.750. The summed E-state index contributed by atoms with van der Waals surface area (Å²) in [4.78, 5) is 0. The summed E-state index contributed by atoms with van der Waals surface area (Å²) in [6, 6.07) is 7.65. The number of hydrogen-bond acceptors (Lipinski definition) is 2. The summed E-state index contributed by atoms with van der Waals surface area (Å²) in [5.74, 6) is 1.01. The fourth-order valence-corrected chi connectivity index (χ4v) is 3.39. The molecule has 1 saturated carbocycles. The molecule has 2 nitrogen and oxygen atoms in total. The molecule has 0 heterocycles. The first-order chi connectivity index (χ1) is 8.54. The molecule has 100 valence electrons. The summed E-state index contributed by atoms with van der Waals surface area (Å²) in [5.41, 5.74) is 1.10. The maximum atomic E-state index is 13.1. The van der Waals surface area contributed by atoms with Gasteiger partial charge >= 0.3 is 0 Å². The Morgan fingerprint density at radius 2 is 2.22 bits per heavy atom. The molecule has 1 aromatic rings. The topological polar surface area (TPSA) is 29.1 Å². The largest absolute Gasteiger partial charge is 0.311 e. The average molecular weight is 269 g/mol. The maximum absolute atomic E-state index is 13.1. The van der Waals surface area contributed by atoms with E-state index in [9.17, 15) is 8.60 Å². The lowest BCUT2D eigenvalue weighted by atomic mass is 9.75. The van der Waals surface area contributed by atoms with E-state index in [0.29, 0.717) is 17.7 Å². The van der Waals surface area contributed by atoms with Crippen molar-refractivity contribution in [2.24, 2.45) is 0 Å². The van der Waals surface area contributed by atoms with Crippen molar-refractivity contribution in [2.45, 2.75) is 37.8 Å². The Hall–Kier alpha value is -0.740. The zero-order valence-electron chi connectivity index (χ0n) is 10.9. The van der Waals surface area contributed by atoms with E-state index in [-0.39, 0.29) is 11.9 Å². The lowest BCUT2D eigenvalue weighted by Gasteiger charge is -2.38. The highest BCUT2D eigenvalue weighted by atomic mass is 32.2. The molecule has 2 unspecified atom stereocenters. The van der Waals surface area contributed by atoms with Gasteiger partial charge in [-0.3, -0.25) is 4.21 Å². The molecule has 0 amide bonds. The van der Waals surface area contributed by atoms with E-state index < -0.39 is 10.8 Å².